The molecular weight excluding hydrogens is 318 g/mol. The molecule has 0 aliphatic heterocycles. The Morgan fingerprint density at radius 1 is 1.22 bits per heavy atom. The standard InChI is InChI=1S/C16H14ClN3O3/c1-2-22-16(21)14-12-8-9-13(15(17)20(12)19-18-14)23-10-11-6-4-3-5-7-11/h3-9H,2,10H2,1H3. The number of fused-ring (bicyclic) bond motifs is 1. The van der Waals surface area contributed by atoms with Gasteiger partial charge in [0.1, 0.15) is 12.1 Å². The lowest BCUT2D eigenvalue weighted by atomic mass is 10.2. The number of ether oxygens (including phenoxy) is 2. The second kappa shape index (κ2) is 6.66. The van der Waals surface area contributed by atoms with E-state index in [4.69, 9.17) is 21.1 Å². The van der Waals surface area contributed by atoms with Gasteiger partial charge in [-0.05, 0) is 24.6 Å². The lowest BCUT2D eigenvalue weighted by Crippen LogP contribution is -2.05. The van der Waals surface area contributed by atoms with Gasteiger partial charge in [0.15, 0.2) is 16.6 Å². The minimum atomic E-state index is -0.531. The van der Waals surface area contributed by atoms with E-state index in [0.717, 1.165) is 5.56 Å². The molecule has 0 bridgehead atoms. The van der Waals surface area contributed by atoms with E-state index < -0.39 is 5.97 Å². The van der Waals surface area contributed by atoms with Gasteiger partial charge in [-0.1, -0.05) is 47.1 Å². The first-order valence-corrected chi connectivity index (χ1v) is 7.46. The highest BCUT2D eigenvalue weighted by Gasteiger charge is 2.19. The summed E-state index contributed by atoms with van der Waals surface area (Å²) in [5, 5.41) is 7.97. The van der Waals surface area contributed by atoms with Crippen molar-refractivity contribution in [2.24, 2.45) is 0 Å². The predicted octanol–water partition coefficient (Wildman–Crippen LogP) is 3.14. The molecule has 1 aromatic carbocycles. The molecule has 2 aromatic heterocycles. The summed E-state index contributed by atoms with van der Waals surface area (Å²) in [6.45, 7) is 2.38. The van der Waals surface area contributed by atoms with E-state index in [-0.39, 0.29) is 17.5 Å². The van der Waals surface area contributed by atoms with Crippen molar-refractivity contribution in [1.29, 1.82) is 0 Å². The molecule has 0 amide bonds. The van der Waals surface area contributed by atoms with Crippen LogP contribution in [0.25, 0.3) is 5.52 Å². The SMILES string of the molecule is CCOC(=O)c1nnn2c(Cl)c(OCc3ccccc3)ccc12. The van der Waals surface area contributed by atoms with Gasteiger partial charge in [0.25, 0.3) is 0 Å². The van der Waals surface area contributed by atoms with Crippen molar-refractivity contribution in [3.05, 3.63) is 58.9 Å². The Kier molecular flexibility index (Phi) is 4.43. The van der Waals surface area contributed by atoms with E-state index >= 15 is 0 Å². The molecule has 118 valence electrons. The van der Waals surface area contributed by atoms with Crippen molar-refractivity contribution in [3.8, 4) is 5.75 Å². The number of nitrogens with zero attached hydrogens (tertiary/aromatic N) is 3. The van der Waals surface area contributed by atoms with Crippen molar-refractivity contribution >= 4 is 23.1 Å². The molecule has 0 saturated carbocycles. The van der Waals surface area contributed by atoms with Gasteiger partial charge in [0.2, 0.25) is 0 Å². The van der Waals surface area contributed by atoms with Crippen molar-refractivity contribution in [3.63, 3.8) is 0 Å². The number of aromatic nitrogens is 3. The Morgan fingerprint density at radius 3 is 2.74 bits per heavy atom. The van der Waals surface area contributed by atoms with Crippen LogP contribution < -0.4 is 4.74 Å². The number of rotatable bonds is 5. The third-order valence-electron chi connectivity index (χ3n) is 3.19. The van der Waals surface area contributed by atoms with Crippen LogP contribution in [0.1, 0.15) is 23.0 Å². The minimum Gasteiger partial charge on any atom is -0.486 e. The van der Waals surface area contributed by atoms with Crippen LogP contribution in [0.5, 0.6) is 5.75 Å². The second-order valence-corrected chi connectivity index (χ2v) is 5.08. The average Bonchev–Trinajstić information content (AvgIpc) is 3.00. The van der Waals surface area contributed by atoms with Crippen molar-refractivity contribution in [2.45, 2.75) is 13.5 Å². The van der Waals surface area contributed by atoms with Gasteiger partial charge < -0.3 is 9.47 Å². The van der Waals surface area contributed by atoms with Crippen LogP contribution in [-0.2, 0) is 11.3 Å². The maximum atomic E-state index is 11.8. The zero-order valence-electron chi connectivity index (χ0n) is 12.4. The van der Waals surface area contributed by atoms with E-state index in [2.05, 4.69) is 10.3 Å². The van der Waals surface area contributed by atoms with E-state index in [1.807, 2.05) is 30.3 Å². The summed E-state index contributed by atoms with van der Waals surface area (Å²) in [6, 6.07) is 13.1. The fraction of sp³-hybridized carbons (Fsp3) is 0.188. The topological polar surface area (TPSA) is 65.7 Å². The first kappa shape index (κ1) is 15.3. The van der Waals surface area contributed by atoms with Crippen molar-refractivity contribution in [1.82, 2.24) is 14.8 Å². The molecule has 0 fully saturated rings. The molecule has 0 saturated heterocycles. The summed E-state index contributed by atoms with van der Waals surface area (Å²) in [4.78, 5) is 11.8. The van der Waals surface area contributed by atoms with E-state index in [9.17, 15) is 4.79 Å². The molecule has 0 unspecified atom stereocenters. The summed E-state index contributed by atoms with van der Waals surface area (Å²) in [5.41, 5.74) is 1.62. The number of pyridine rings is 1. The first-order chi connectivity index (χ1) is 11.2. The number of halogens is 1. The van der Waals surface area contributed by atoms with Gasteiger partial charge >= 0.3 is 5.97 Å². The van der Waals surface area contributed by atoms with E-state index in [1.54, 1.807) is 19.1 Å². The molecule has 0 N–H and O–H groups in total. The average molecular weight is 332 g/mol. The third-order valence-corrected chi connectivity index (χ3v) is 3.54. The predicted molar refractivity (Wildman–Crippen MR) is 84.7 cm³/mol. The maximum Gasteiger partial charge on any atom is 0.361 e. The quantitative estimate of drug-likeness (QED) is 0.531. The molecule has 0 aliphatic carbocycles. The van der Waals surface area contributed by atoms with E-state index in [1.165, 1.54) is 4.52 Å². The zero-order valence-corrected chi connectivity index (χ0v) is 13.2. The van der Waals surface area contributed by atoms with Crippen LogP contribution in [0.4, 0.5) is 0 Å². The van der Waals surface area contributed by atoms with E-state index in [0.29, 0.717) is 17.9 Å². The van der Waals surface area contributed by atoms with Gasteiger partial charge in [0.05, 0.1) is 6.61 Å². The first-order valence-electron chi connectivity index (χ1n) is 7.08. The van der Waals surface area contributed by atoms with Crippen LogP contribution in [0.15, 0.2) is 42.5 Å². The molecule has 0 radical (unpaired) electrons. The van der Waals surface area contributed by atoms with Gasteiger partial charge in [-0.3, -0.25) is 0 Å². The highest BCUT2D eigenvalue weighted by Crippen LogP contribution is 2.27. The Hall–Kier alpha value is -2.60. The number of esters is 1. The van der Waals surface area contributed by atoms with Crippen LogP contribution in [0.2, 0.25) is 5.15 Å². The normalized spacial score (nSPS) is 10.7. The number of hydrogen-bond donors (Lipinski definition) is 0. The van der Waals surface area contributed by atoms with Crippen molar-refractivity contribution < 1.29 is 14.3 Å². The monoisotopic (exact) mass is 331 g/mol. The highest BCUT2D eigenvalue weighted by molar-refractivity contribution is 6.31. The largest absolute Gasteiger partial charge is 0.486 e. The van der Waals surface area contributed by atoms with Crippen LogP contribution in [0, 0.1) is 0 Å². The molecular formula is C16H14ClN3O3. The minimum absolute atomic E-state index is 0.128. The molecule has 6 nitrogen and oxygen atoms in total. The Bertz CT molecular complexity index is 833. The lowest BCUT2D eigenvalue weighted by molar-refractivity contribution is 0.0521. The molecule has 23 heavy (non-hydrogen) atoms. The second-order valence-electron chi connectivity index (χ2n) is 4.72. The maximum absolute atomic E-state index is 11.8. The van der Waals surface area contributed by atoms with Gasteiger partial charge in [-0.15, -0.1) is 5.10 Å². The van der Waals surface area contributed by atoms with Gasteiger partial charge in [-0.2, -0.15) is 4.52 Å². The number of carbonyl (C=O) groups is 1. The molecule has 0 atom stereocenters. The zero-order chi connectivity index (χ0) is 16.2. The van der Waals surface area contributed by atoms with Gasteiger partial charge in [0, 0.05) is 0 Å². The summed E-state index contributed by atoms with van der Waals surface area (Å²) in [5.74, 6) is -0.0696. The number of carbonyl (C=O) groups excluding carboxylic acids is 1. The smallest absolute Gasteiger partial charge is 0.361 e. The molecule has 3 aromatic rings. The molecule has 7 heteroatoms. The van der Waals surface area contributed by atoms with Gasteiger partial charge in [-0.25, -0.2) is 4.79 Å². The lowest BCUT2D eigenvalue weighted by Gasteiger charge is -2.08. The number of benzene rings is 1. The summed E-state index contributed by atoms with van der Waals surface area (Å²) < 4.78 is 12.0. The summed E-state index contributed by atoms with van der Waals surface area (Å²) in [7, 11) is 0. The number of hydrogen-bond acceptors (Lipinski definition) is 5. The fourth-order valence-electron chi connectivity index (χ4n) is 2.10. The van der Waals surface area contributed by atoms with Crippen LogP contribution in [0.3, 0.4) is 0 Å². The van der Waals surface area contributed by atoms with Crippen LogP contribution >= 0.6 is 11.6 Å². The molecule has 0 aliphatic rings. The van der Waals surface area contributed by atoms with Crippen LogP contribution in [-0.4, -0.2) is 27.4 Å². The Morgan fingerprint density at radius 2 is 2.00 bits per heavy atom. The summed E-state index contributed by atoms with van der Waals surface area (Å²) in [6.07, 6.45) is 0. The summed E-state index contributed by atoms with van der Waals surface area (Å²) >= 11 is 6.29. The molecule has 0 spiro atoms. The Labute approximate surface area is 137 Å². The Balaban J connectivity index is 1.86. The molecule has 3 rings (SSSR count). The molecule has 2 heterocycles. The fourth-order valence-corrected chi connectivity index (χ4v) is 2.34. The third kappa shape index (κ3) is 3.12. The van der Waals surface area contributed by atoms with Crippen molar-refractivity contribution in [2.75, 3.05) is 6.61 Å². The highest BCUT2D eigenvalue weighted by atomic mass is 35.5.